The lowest BCUT2D eigenvalue weighted by Gasteiger charge is -2.08. The highest BCUT2D eigenvalue weighted by molar-refractivity contribution is 7.18. The molecule has 0 atom stereocenters. The molecule has 2 aromatic rings. The Morgan fingerprint density at radius 1 is 1.33 bits per heavy atom. The predicted molar refractivity (Wildman–Crippen MR) is 102 cm³/mol. The normalized spacial score (nSPS) is 10.9. The molecule has 2 aromatic heterocycles. The van der Waals surface area contributed by atoms with E-state index in [0.717, 1.165) is 16.0 Å². The smallest absolute Gasteiger partial charge is 0.341 e. The maximum Gasteiger partial charge on any atom is 0.341 e. The first-order chi connectivity index (χ1) is 14.0. The average molecular weight is 444 g/mol. The van der Waals surface area contributed by atoms with Gasteiger partial charge in [0.2, 0.25) is 11.6 Å². The summed E-state index contributed by atoms with van der Waals surface area (Å²) in [5, 5.41) is 17.0. The summed E-state index contributed by atoms with van der Waals surface area (Å²) in [6.45, 7) is 5.08. The predicted octanol–water partition coefficient (Wildman–Crippen LogP) is 3.43. The van der Waals surface area contributed by atoms with Gasteiger partial charge in [-0.2, -0.15) is 5.10 Å². The van der Waals surface area contributed by atoms with Crippen LogP contribution in [0.5, 0.6) is 0 Å². The second-order valence-corrected chi connectivity index (χ2v) is 7.14. The second kappa shape index (κ2) is 9.07. The first-order valence-electron chi connectivity index (χ1n) is 8.60. The van der Waals surface area contributed by atoms with E-state index in [2.05, 4.69) is 10.4 Å². The van der Waals surface area contributed by atoms with Gasteiger partial charge in [0.15, 0.2) is 5.78 Å². The number of aromatic nitrogens is 2. The van der Waals surface area contributed by atoms with Crippen molar-refractivity contribution in [2.45, 2.75) is 40.7 Å². The van der Waals surface area contributed by atoms with Crippen molar-refractivity contribution in [3.8, 4) is 0 Å². The number of amides is 1. The Morgan fingerprint density at radius 2 is 1.97 bits per heavy atom. The molecular weight excluding hydrogens is 426 g/mol. The number of anilines is 1. The molecule has 0 spiro atoms. The topological polar surface area (TPSA) is 133 Å². The molecule has 0 aromatic carbocycles. The molecule has 0 fully saturated rings. The first-order valence-corrected chi connectivity index (χ1v) is 9.42. The van der Waals surface area contributed by atoms with Crippen LogP contribution in [0.2, 0.25) is 0 Å². The third-order valence-corrected chi connectivity index (χ3v) is 5.39. The highest BCUT2D eigenvalue weighted by Gasteiger charge is 2.32. The van der Waals surface area contributed by atoms with E-state index >= 15 is 0 Å². The summed E-state index contributed by atoms with van der Waals surface area (Å²) in [7, 11) is 0. The Bertz CT molecular complexity index is 1030. The van der Waals surface area contributed by atoms with E-state index in [-0.39, 0.29) is 33.5 Å². The number of alkyl halides is 2. The van der Waals surface area contributed by atoms with E-state index in [1.165, 1.54) is 20.8 Å². The van der Waals surface area contributed by atoms with Crippen molar-refractivity contribution < 1.29 is 32.8 Å². The number of rotatable bonds is 8. The number of carbonyl (C=O) groups excluding carboxylic acids is 3. The van der Waals surface area contributed by atoms with E-state index in [4.69, 9.17) is 4.74 Å². The van der Waals surface area contributed by atoms with Gasteiger partial charge >= 0.3 is 11.7 Å². The SMILES string of the molecule is CCOC(=O)c1c(NC(=O)Cn2nc(C(F)F)c([N+](=O)[O-])c2C)sc(C(C)=O)c1C. The number of Topliss-reactive ketones (excluding diaryl/α,β-unsaturated/α-hetero) is 1. The fourth-order valence-electron chi connectivity index (χ4n) is 2.78. The van der Waals surface area contributed by atoms with Crippen LogP contribution in [0.1, 0.15) is 57.3 Å². The third kappa shape index (κ3) is 4.50. The quantitative estimate of drug-likeness (QED) is 0.285. The van der Waals surface area contributed by atoms with Gasteiger partial charge in [0, 0.05) is 0 Å². The van der Waals surface area contributed by atoms with Crippen molar-refractivity contribution in [3.05, 3.63) is 37.5 Å². The molecular formula is C17H18F2N4O6S. The molecule has 0 aliphatic carbocycles. The fourth-order valence-corrected chi connectivity index (χ4v) is 3.88. The lowest BCUT2D eigenvalue weighted by molar-refractivity contribution is -0.386. The Balaban J connectivity index is 2.36. The van der Waals surface area contributed by atoms with Crippen LogP contribution >= 0.6 is 11.3 Å². The number of hydrogen-bond acceptors (Lipinski definition) is 8. The molecule has 0 aliphatic heterocycles. The lowest BCUT2D eigenvalue weighted by atomic mass is 10.1. The summed E-state index contributed by atoms with van der Waals surface area (Å²) in [5.41, 5.74) is -1.77. The van der Waals surface area contributed by atoms with Gasteiger partial charge in [0.05, 0.1) is 22.0 Å². The molecule has 10 nitrogen and oxygen atoms in total. The summed E-state index contributed by atoms with van der Waals surface area (Å²) in [4.78, 5) is 46.8. The van der Waals surface area contributed by atoms with Crippen LogP contribution in [0.25, 0.3) is 0 Å². The molecule has 2 heterocycles. The van der Waals surface area contributed by atoms with Crippen molar-refractivity contribution >= 4 is 39.7 Å². The third-order valence-electron chi connectivity index (χ3n) is 4.08. The molecule has 1 N–H and O–H groups in total. The number of thiophene rings is 1. The fraction of sp³-hybridized carbons (Fsp3) is 0.412. The van der Waals surface area contributed by atoms with E-state index in [0.29, 0.717) is 5.56 Å². The summed E-state index contributed by atoms with van der Waals surface area (Å²) >= 11 is 0.869. The number of nitrogens with zero attached hydrogens (tertiary/aromatic N) is 3. The van der Waals surface area contributed by atoms with Crippen LogP contribution in [-0.2, 0) is 16.1 Å². The highest BCUT2D eigenvalue weighted by atomic mass is 32.1. The average Bonchev–Trinajstić information content (AvgIpc) is 3.12. The van der Waals surface area contributed by atoms with E-state index in [9.17, 15) is 33.3 Å². The molecule has 0 radical (unpaired) electrons. The van der Waals surface area contributed by atoms with Crippen molar-refractivity contribution in [2.75, 3.05) is 11.9 Å². The van der Waals surface area contributed by atoms with Gasteiger partial charge in [0.1, 0.15) is 17.2 Å². The van der Waals surface area contributed by atoms with Crippen LogP contribution in [0.15, 0.2) is 0 Å². The summed E-state index contributed by atoms with van der Waals surface area (Å²) in [6.07, 6.45) is -3.19. The van der Waals surface area contributed by atoms with Crippen molar-refractivity contribution in [1.29, 1.82) is 0 Å². The zero-order valence-corrected chi connectivity index (χ0v) is 17.3. The second-order valence-electron chi connectivity index (χ2n) is 6.12. The number of ketones is 1. The van der Waals surface area contributed by atoms with Gasteiger partial charge in [-0.15, -0.1) is 11.3 Å². The molecule has 0 saturated carbocycles. The van der Waals surface area contributed by atoms with Crippen LogP contribution in [0.3, 0.4) is 0 Å². The van der Waals surface area contributed by atoms with Crippen LogP contribution in [0.4, 0.5) is 19.5 Å². The number of ether oxygens (including phenoxy) is 1. The number of nitrogens with one attached hydrogen (secondary N) is 1. The van der Waals surface area contributed by atoms with E-state index in [1.807, 2.05) is 0 Å². The molecule has 1 amide bonds. The van der Waals surface area contributed by atoms with Crippen LogP contribution < -0.4 is 5.32 Å². The van der Waals surface area contributed by atoms with Gasteiger partial charge in [-0.25, -0.2) is 13.6 Å². The first kappa shape index (κ1) is 23.1. The number of halogens is 2. The Hall–Kier alpha value is -3.22. The van der Waals surface area contributed by atoms with Crippen LogP contribution in [0, 0.1) is 24.0 Å². The molecule has 162 valence electrons. The minimum atomic E-state index is -3.19. The van der Waals surface area contributed by atoms with Gasteiger partial charge in [-0.1, -0.05) is 0 Å². The maximum atomic E-state index is 13.0. The monoisotopic (exact) mass is 444 g/mol. The number of hydrogen-bond donors (Lipinski definition) is 1. The molecule has 0 saturated heterocycles. The molecule has 30 heavy (non-hydrogen) atoms. The largest absolute Gasteiger partial charge is 0.462 e. The van der Waals surface area contributed by atoms with Gasteiger partial charge in [-0.3, -0.25) is 24.4 Å². The number of nitro groups is 1. The van der Waals surface area contributed by atoms with Crippen molar-refractivity contribution in [1.82, 2.24) is 9.78 Å². The Labute approximate surface area is 173 Å². The van der Waals surface area contributed by atoms with Gasteiger partial charge in [-0.05, 0) is 33.3 Å². The highest BCUT2D eigenvalue weighted by Crippen LogP contribution is 2.34. The zero-order chi connectivity index (χ0) is 22.7. The Morgan fingerprint density at radius 3 is 2.43 bits per heavy atom. The maximum absolute atomic E-state index is 13.0. The molecule has 13 heteroatoms. The van der Waals surface area contributed by atoms with Gasteiger partial charge in [0.25, 0.3) is 6.43 Å². The van der Waals surface area contributed by atoms with E-state index in [1.54, 1.807) is 6.92 Å². The minimum absolute atomic E-state index is 0.0110. The van der Waals surface area contributed by atoms with Crippen molar-refractivity contribution in [3.63, 3.8) is 0 Å². The number of esters is 1. The molecule has 2 rings (SSSR count). The summed E-state index contributed by atoms with van der Waals surface area (Å²) in [5.74, 6) is -1.83. The van der Waals surface area contributed by atoms with Crippen LogP contribution in [-0.4, -0.2) is 39.0 Å². The summed E-state index contributed by atoms with van der Waals surface area (Å²) < 4.78 is 31.8. The summed E-state index contributed by atoms with van der Waals surface area (Å²) in [6, 6.07) is 0. The zero-order valence-electron chi connectivity index (χ0n) is 16.4. The Kier molecular flexibility index (Phi) is 6.97. The minimum Gasteiger partial charge on any atom is -0.462 e. The molecule has 0 unspecified atom stereocenters. The lowest BCUT2D eigenvalue weighted by Crippen LogP contribution is -2.21. The van der Waals surface area contributed by atoms with Gasteiger partial charge < -0.3 is 10.1 Å². The standard InChI is InChI=1S/C17H18F2N4O6S/c1-5-29-17(26)11-7(2)14(9(4)24)30-16(11)20-10(25)6-22-8(3)13(23(27)28)12(21-22)15(18)19/h15H,5-6H2,1-4H3,(H,20,25). The van der Waals surface area contributed by atoms with Crippen molar-refractivity contribution in [2.24, 2.45) is 0 Å². The van der Waals surface area contributed by atoms with E-state index < -0.39 is 41.2 Å². The number of carbonyl (C=O) groups is 3. The molecule has 0 bridgehead atoms. The molecule has 0 aliphatic rings.